The summed E-state index contributed by atoms with van der Waals surface area (Å²) in [4.78, 5) is 14.5. The lowest BCUT2D eigenvalue weighted by atomic mass is 10.1. The molecular weight excluding hydrogens is 352 g/mol. The highest BCUT2D eigenvalue weighted by Gasteiger charge is 2.35. The van der Waals surface area contributed by atoms with Crippen molar-refractivity contribution in [3.8, 4) is 0 Å². The van der Waals surface area contributed by atoms with Gasteiger partial charge in [-0.2, -0.15) is 9.40 Å². The second-order valence-corrected chi connectivity index (χ2v) is 8.91. The van der Waals surface area contributed by atoms with Gasteiger partial charge in [-0.25, -0.2) is 8.42 Å². The molecule has 2 aromatic rings. The molecule has 0 radical (unpaired) electrons. The number of sulfonamides is 1. The first-order valence-corrected chi connectivity index (χ1v) is 10.3. The van der Waals surface area contributed by atoms with Crippen molar-refractivity contribution in [1.82, 2.24) is 19.0 Å². The molecule has 0 saturated carbocycles. The molecule has 138 valence electrons. The Balaban J connectivity index is 1.60. The molecular formula is C18H22N4O3S. The van der Waals surface area contributed by atoms with Gasteiger partial charge >= 0.3 is 0 Å². The van der Waals surface area contributed by atoms with Crippen LogP contribution in [0.15, 0.2) is 41.4 Å². The topological polar surface area (TPSA) is 75.5 Å². The Kier molecular flexibility index (Phi) is 4.32. The van der Waals surface area contributed by atoms with E-state index in [0.717, 1.165) is 30.8 Å². The van der Waals surface area contributed by atoms with E-state index in [4.69, 9.17) is 0 Å². The molecule has 4 rings (SSSR count). The molecule has 0 spiro atoms. The molecule has 7 nitrogen and oxygen atoms in total. The Hall–Kier alpha value is -2.19. The number of nitrogens with zero attached hydrogens (tertiary/aromatic N) is 4. The minimum Gasteiger partial charge on any atom is -0.342 e. The van der Waals surface area contributed by atoms with E-state index in [1.165, 1.54) is 4.31 Å². The third-order valence-electron chi connectivity index (χ3n) is 5.13. The largest absolute Gasteiger partial charge is 0.342 e. The number of likely N-dealkylation sites (tertiary alicyclic amines) is 1. The number of fused-ring (bicyclic) bond motifs is 1. The van der Waals surface area contributed by atoms with Crippen molar-refractivity contribution in [3.05, 3.63) is 47.8 Å². The lowest BCUT2D eigenvalue weighted by Crippen LogP contribution is -2.46. The second-order valence-electron chi connectivity index (χ2n) is 6.97. The van der Waals surface area contributed by atoms with E-state index in [2.05, 4.69) is 5.10 Å². The number of rotatable bonds is 4. The molecule has 1 amide bonds. The third-order valence-corrected chi connectivity index (χ3v) is 6.95. The van der Waals surface area contributed by atoms with Gasteiger partial charge in [-0.3, -0.25) is 9.48 Å². The van der Waals surface area contributed by atoms with E-state index >= 15 is 0 Å². The van der Waals surface area contributed by atoms with Gasteiger partial charge in [-0.1, -0.05) is 17.7 Å². The first kappa shape index (κ1) is 17.2. The van der Waals surface area contributed by atoms with Crippen LogP contribution in [0.2, 0.25) is 0 Å². The molecule has 3 heterocycles. The van der Waals surface area contributed by atoms with Crippen LogP contribution in [0.1, 0.15) is 30.1 Å². The maximum absolute atomic E-state index is 13.1. The highest BCUT2D eigenvalue weighted by molar-refractivity contribution is 7.89. The summed E-state index contributed by atoms with van der Waals surface area (Å²) >= 11 is 0. The average Bonchev–Trinajstić information content (AvgIpc) is 3.02. The molecule has 0 unspecified atom stereocenters. The van der Waals surface area contributed by atoms with E-state index in [1.54, 1.807) is 35.1 Å². The van der Waals surface area contributed by atoms with E-state index < -0.39 is 10.0 Å². The highest BCUT2D eigenvalue weighted by Crippen LogP contribution is 2.29. The van der Waals surface area contributed by atoms with Gasteiger partial charge in [0, 0.05) is 25.8 Å². The second kappa shape index (κ2) is 6.51. The van der Waals surface area contributed by atoms with Gasteiger partial charge in [-0.15, -0.1) is 0 Å². The zero-order valence-electron chi connectivity index (χ0n) is 14.7. The first-order chi connectivity index (χ1) is 12.4. The normalized spacial score (nSPS) is 20.5. The van der Waals surface area contributed by atoms with Crippen LogP contribution in [0.4, 0.5) is 0 Å². The smallest absolute Gasteiger partial charge is 0.243 e. The standard InChI is InChI=1S/C18H22N4O3S/c1-14-3-5-17(6-4-14)26(24,25)21-12-15-7-8-19-22(15)16(13-21)11-18(23)20-9-2-10-20/h3-8,16H,2,9-13H2,1H3/t16-/m0/s1. The number of hydrogen-bond donors (Lipinski definition) is 0. The lowest BCUT2D eigenvalue weighted by molar-refractivity contribution is -0.135. The van der Waals surface area contributed by atoms with Crippen molar-refractivity contribution in [3.63, 3.8) is 0 Å². The molecule has 26 heavy (non-hydrogen) atoms. The summed E-state index contributed by atoms with van der Waals surface area (Å²) in [5.74, 6) is 0.0669. The number of carbonyl (C=O) groups excluding carboxylic acids is 1. The van der Waals surface area contributed by atoms with Crippen molar-refractivity contribution in [2.75, 3.05) is 19.6 Å². The molecule has 1 saturated heterocycles. The van der Waals surface area contributed by atoms with Crippen molar-refractivity contribution < 1.29 is 13.2 Å². The molecule has 0 aliphatic carbocycles. The Morgan fingerprint density at radius 1 is 1.19 bits per heavy atom. The van der Waals surface area contributed by atoms with Crippen molar-refractivity contribution in [2.45, 2.75) is 37.2 Å². The van der Waals surface area contributed by atoms with Crippen molar-refractivity contribution in [1.29, 1.82) is 0 Å². The van der Waals surface area contributed by atoms with Gasteiger partial charge in [0.25, 0.3) is 0 Å². The summed E-state index contributed by atoms with van der Waals surface area (Å²) in [6.07, 6.45) is 2.98. The number of benzene rings is 1. The molecule has 1 atom stereocenters. The van der Waals surface area contributed by atoms with Gasteiger partial charge < -0.3 is 4.90 Å². The van der Waals surface area contributed by atoms with Crippen LogP contribution >= 0.6 is 0 Å². The maximum atomic E-state index is 13.1. The molecule has 0 N–H and O–H groups in total. The Morgan fingerprint density at radius 2 is 1.92 bits per heavy atom. The first-order valence-electron chi connectivity index (χ1n) is 8.82. The van der Waals surface area contributed by atoms with Crippen molar-refractivity contribution >= 4 is 15.9 Å². The minimum atomic E-state index is -3.61. The average molecular weight is 374 g/mol. The summed E-state index contributed by atoms with van der Waals surface area (Å²) in [6, 6.07) is 8.41. The SMILES string of the molecule is Cc1ccc(S(=O)(=O)N2Cc3ccnn3[C@@H](CC(=O)N3CCC3)C2)cc1. The summed E-state index contributed by atoms with van der Waals surface area (Å²) in [7, 11) is -3.61. The van der Waals surface area contributed by atoms with Gasteiger partial charge in [0.05, 0.1) is 29.6 Å². The summed E-state index contributed by atoms with van der Waals surface area (Å²) < 4.78 is 29.4. The Bertz CT molecular complexity index is 916. The number of carbonyl (C=O) groups is 1. The number of aryl methyl sites for hydroxylation is 1. The monoisotopic (exact) mass is 374 g/mol. The molecule has 1 aromatic carbocycles. The number of aromatic nitrogens is 2. The lowest BCUT2D eigenvalue weighted by Gasteiger charge is -2.36. The number of amides is 1. The quantitative estimate of drug-likeness (QED) is 0.814. The zero-order chi connectivity index (χ0) is 18.3. The molecule has 1 fully saturated rings. The highest BCUT2D eigenvalue weighted by atomic mass is 32.2. The molecule has 2 aliphatic rings. The van der Waals surface area contributed by atoms with Crippen LogP contribution < -0.4 is 0 Å². The molecule has 0 bridgehead atoms. The van der Waals surface area contributed by atoms with E-state index in [9.17, 15) is 13.2 Å². The summed E-state index contributed by atoms with van der Waals surface area (Å²) in [6.45, 7) is 4.04. The van der Waals surface area contributed by atoms with Gasteiger partial charge in [-0.05, 0) is 31.5 Å². The predicted octanol–water partition coefficient (Wildman–Crippen LogP) is 1.56. The van der Waals surface area contributed by atoms with Crippen LogP contribution in [-0.4, -0.2) is 52.9 Å². The minimum absolute atomic E-state index is 0.0669. The fraction of sp³-hybridized carbons (Fsp3) is 0.444. The third kappa shape index (κ3) is 3.03. The Morgan fingerprint density at radius 3 is 2.58 bits per heavy atom. The maximum Gasteiger partial charge on any atom is 0.243 e. The van der Waals surface area contributed by atoms with Gasteiger partial charge in [0.15, 0.2) is 0 Å². The van der Waals surface area contributed by atoms with Crippen molar-refractivity contribution in [2.24, 2.45) is 0 Å². The Labute approximate surface area is 153 Å². The van der Waals surface area contributed by atoms with Crippen LogP contribution in [0.3, 0.4) is 0 Å². The van der Waals surface area contributed by atoms with E-state index in [-0.39, 0.29) is 36.4 Å². The fourth-order valence-corrected chi connectivity index (χ4v) is 4.89. The predicted molar refractivity (Wildman–Crippen MR) is 95.9 cm³/mol. The molecule has 8 heteroatoms. The van der Waals surface area contributed by atoms with Crippen LogP contribution in [0.25, 0.3) is 0 Å². The molecule has 1 aromatic heterocycles. The fourth-order valence-electron chi connectivity index (χ4n) is 3.44. The van der Waals surface area contributed by atoms with E-state index in [1.807, 2.05) is 17.9 Å². The summed E-state index contributed by atoms with van der Waals surface area (Å²) in [5, 5.41) is 4.32. The summed E-state index contributed by atoms with van der Waals surface area (Å²) in [5.41, 5.74) is 1.83. The number of hydrogen-bond acceptors (Lipinski definition) is 4. The zero-order valence-corrected chi connectivity index (χ0v) is 15.5. The van der Waals surface area contributed by atoms with E-state index in [0.29, 0.717) is 0 Å². The van der Waals surface area contributed by atoms with Gasteiger partial charge in [0.2, 0.25) is 15.9 Å². The van der Waals surface area contributed by atoms with Crippen LogP contribution in [-0.2, 0) is 21.4 Å². The van der Waals surface area contributed by atoms with Crippen LogP contribution in [0, 0.1) is 6.92 Å². The van der Waals surface area contributed by atoms with Crippen LogP contribution in [0.5, 0.6) is 0 Å². The van der Waals surface area contributed by atoms with Gasteiger partial charge in [0.1, 0.15) is 0 Å². The molecule has 2 aliphatic heterocycles.